The third-order valence-corrected chi connectivity index (χ3v) is 17.1. The summed E-state index contributed by atoms with van der Waals surface area (Å²) in [5.41, 5.74) is 0. The third kappa shape index (κ3) is 68.8. The zero-order valence-corrected chi connectivity index (χ0v) is 57.4. The van der Waals surface area contributed by atoms with Gasteiger partial charge in [0.05, 0.1) is 39.9 Å². The van der Waals surface area contributed by atoms with Gasteiger partial charge in [-0.05, 0) is 77.0 Å². The molecule has 3 atom stereocenters. The molecule has 0 saturated carbocycles. The maximum Gasteiger partial charge on any atom is 0.268 e. The largest absolute Gasteiger partial charge is 0.756 e. The predicted molar refractivity (Wildman–Crippen MR) is 371 cm³/mol. The van der Waals surface area contributed by atoms with Crippen LogP contribution in [0.4, 0.5) is 0 Å². The van der Waals surface area contributed by atoms with Crippen LogP contribution in [-0.4, -0.2) is 68.5 Å². The van der Waals surface area contributed by atoms with E-state index < -0.39 is 20.0 Å². The Kier molecular flexibility index (Phi) is 63.9. The van der Waals surface area contributed by atoms with Crippen LogP contribution in [0.1, 0.15) is 328 Å². The van der Waals surface area contributed by atoms with E-state index in [9.17, 15) is 19.4 Å². The first-order valence-corrected chi connectivity index (χ1v) is 37.5. The molecule has 0 radical (unpaired) electrons. The summed E-state index contributed by atoms with van der Waals surface area (Å²) in [5.74, 6) is -0.164. The van der Waals surface area contributed by atoms with E-state index in [1.165, 1.54) is 212 Å². The lowest BCUT2D eigenvalue weighted by Gasteiger charge is -2.30. The van der Waals surface area contributed by atoms with Crippen LogP contribution in [0, 0.1) is 0 Å². The Labute approximate surface area is 528 Å². The summed E-state index contributed by atoms with van der Waals surface area (Å²) in [6, 6.07) is -0.807. The van der Waals surface area contributed by atoms with E-state index in [0.29, 0.717) is 23.9 Å². The SMILES string of the molecule is CC/C=C\C/C=C\C/C=C\C/C=C\C/C=C\C/C=C\C/C=C\C/C=C\CCCCCCCCCCCCCCCCC(=O)NC(COP(=O)([O-])OCC[N+](C)(C)C)C(O)CCCCCCCCCCCCCCCCCCCCCCCCCC. The Morgan fingerprint density at radius 2 is 0.718 bits per heavy atom. The highest BCUT2D eigenvalue weighted by atomic mass is 31.2. The lowest BCUT2D eigenvalue weighted by molar-refractivity contribution is -0.870. The molecule has 85 heavy (non-hydrogen) atoms. The van der Waals surface area contributed by atoms with Gasteiger partial charge in [-0.15, -0.1) is 0 Å². The summed E-state index contributed by atoms with van der Waals surface area (Å²) < 4.78 is 23.5. The van der Waals surface area contributed by atoms with Gasteiger partial charge >= 0.3 is 0 Å². The number of aliphatic hydroxyl groups is 1. The van der Waals surface area contributed by atoms with Gasteiger partial charge in [-0.1, -0.05) is 342 Å². The number of hydrogen-bond acceptors (Lipinski definition) is 6. The number of nitrogens with zero attached hydrogens (tertiary/aromatic N) is 1. The van der Waals surface area contributed by atoms with E-state index in [1.54, 1.807) is 0 Å². The molecule has 0 aliphatic carbocycles. The number of amides is 1. The standard InChI is InChI=1S/C76H139N2O6P/c1-6-8-10-12-14-16-18-20-22-24-26-28-30-32-33-34-35-36-37-38-39-40-41-42-43-44-45-46-48-50-52-54-56-58-60-62-64-66-68-70-76(80)77-74(73-84-85(81,82)83-72-71-78(3,4)5)75(79)69-67-65-63-61-59-57-55-53-51-49-47-31-29-27-25-23-21-19-17-15-13-11-9-7-2/h8,10,14,16,20,22,26,28,32-33,35-36,38-39,41-42,74-75,79H,6-7,9,11-13,15,17-19,21,23-25,27,29-31,34,37,40,43-73H2,1-5H3,(H-,77,80,81,82)/b10-8-,16-14-,22-20-,28-26-,33-32-,36-35-,39-38-,42-41-. The van der Waals surface area contributed by atoms with Crippen molar-refractivity contribution in [3.8, 4) is 0 Å². The summed E-state index contributed by atoms with van der Waals surface area (Å²) >= 11 is 0. The number of rotatable bonds is 66. The second-order valence-corrected chi connectivity index (χ2v) is 27.0. The van der Waals surface area contributed by atoms with Gasteiger partial charge in [-0.2, -0.15) is 0 Å². The van der Waals surface area contributed by atoms with E-state index in [1.807, 2.05) is 21.1 Å². The number of carbonyl (C=O) groups excluding carboxylic acids is 1. The van der Waals surface area contributed by atoms with E-state index in [2.05, 4.69) is 116 Å². The maximum absolute atomic E-state index is 13.1. The molecule has 3 unspecified atom stereocenters. The van der Waals surface area contributed by atoms with Crippen LogP contribution >= 0.6 is 7.82 Å². The van der Waals surface area contributed by atoms with Crippen LogP contribution in [0.2, 0.25) is 0 Å². The molecule has 0 spiro atoms. The van der Waals surface area contributed by atoms with Gasteiger partial charge in [0.25, 0.3) is 7.82 Å². The van der Waals surface area contributed by atoms with Crippen molar-refractivity contribution in [2.24, 2.45) is 0 Å². The second-order valence-electron chi connectivity index (χ2n) is 25.6. The number of likely N-dealkylation sites (N-methyl/N-ethyl adjacent to an activating group) is 1. The maximum atomic E-state index is 13.1. The highest BCUT2D eigenvalue weighted by Gasteiger charge is 2.24. The zero-order chi connectivity index (χ0) is 61.9. The van der Waals surface area contributed by atoms with Crippen LogP contribution in [0.25, 0.3) is 0 Å². The fourth-order valence-corrected chi connectivity index (χ4v) is 11.3. The fourth-order valence-electron chi connectivity index (χ4n) is 10.5. The van der Waals surface area contributed by atoms with Gasteiger partial charge in [0.1, 0.15) is 13.2 Å². The number of nitrogens with one attached hydrogen (secondary N) is 1. The van der Waals surface area contributed by atoms with E-state index in [0.717, 1.165) is 89.9 Å². The molecule has 0 saturated heterocycles. The summed E-state index contributed by atoms with van der Waals surface area (Å²) in [6.45, 7) is 4.64. The van der Waals surface area contributed by atoms with Gasteiger partial charge in [-0.3, -0.25) is 9.36 Å². The topological polar surface area (TPSA) is 108 Å². The van der Waals surface area contributed by atoms with Crippen molar-refractivity contribution in [3.63, 3.8) is 0 Å². The molecule has 2 N–H and O–H groups in total. The van der Waals surface area contributed by atoms with Crippen LogP contribution < -0.4 is 10.2 Å². The minimum absolute atomic E-state index is 0.0101. The quantitative estimate of drug-likeness (QED) is 0.0272. The Morgan fingerprint density at radius 1 is 0.424 bits per heavy atom. The van der Waals surface area contributed by atoms with Crippen molar-refractivity contribution in [2.45, 2.75) is 341 Å². The molecule has 9 heteroatoms. The highest BCUT2D eigenvalue weighted by Crippen LogP contribution is 2.38. The van der Waals surface area contributed by atoms with Gasteiger partial charge in [0.2, 0.25) is 5.91 Å². The van der Waals surface area contributed by atoms with E-state index in [-0.39, 0.29) is 19.1 Å². The second kappa shape index (κ2) is 65.9. The smallest absolute Gasteiger partial charge is 0.268 e. The molecule has 0 aromatic carbocycles. The number of quaternary nitrogens is 1. The first kappa shape index (κ1) is 82.4. The molecule has 0 aliphatic rings. The fraction of sp³-hybridized carbons (Fsp3) is 0.776. The molecule has 0 aromatic rings. The van der Waals surface area contributed by atoms with Gasteiger partial charge in [-0.25, -0.2) is 0 Å². The number of hydrogen-bond donors (Lipinski definition) is 2. The van der Waals surface area contributed by atoms with Crippen molar-refractivity contribution in [3.05, 3.63) is 97.2 Å². The third-order valence-electron chi connectivity index (χ3n) is 16.1. The van der Waals surface area contributed by atoms with Crippen molar-refractivity contribution in [2.75, 3.05) is 40.9 Å². The average Bonchev–Trinajstić information content (AvgIpc) is 3.49. The molecule has 0 bridgehead atoms. The summed E-state index contributed by atoms with van der Waals surface area (Å²) in [6.07, 6.45) is 94.8. The van der Waals surface area contributed by atoms with Gasteiger partial charge in [0.15, 0.2) is 0 Å². The highest BCUT2D eigenvalue weighted by molar-refractivity contribution is 7.45. The number of phosphoric ester groups is 1. The van der Waals surface area contributed by atoms with Crippen molar-refractivity contribution in [1.82, 2.24) is 5.32 Å². The average molecular weight is 1210 g/mol. The van der Waals surface area contributed by atoms with Gasteiger partial charge in [0, 0.05) is 6.42 Å². The minimum Gasteiger partial charge on any atom is -0.756 e. The minimum atomic E-state index is -4.58. The van der Waals surface area contributed by atoms with Gasteiger partial charge < -0.3 is 28.8 Å². The summed E-state index contributed by atoms with van der Waals surface area (Å²) in [4.78, 5) is 25.7. The van der Waals surface area contributed by atoms with Crippen molar-refractivity contribution >= 4 is 13.7 Å². The first-order valence-electron chi connectivity index (χ1n) is 36.1. The molecule has 0 aromatic heterocycles. The van der Waals surface area contributed by atoms with Crippen molar-refractivity contribution in [1.29, 1.82) is 0 Å². The van der Waals surface area contributed by atoms with E-state index in [4.69, 9.17) is 9.05 Å². The Bertz CT molecular complexity index is 1710. The van der Waals surface area contributed by atoms with E-state index >= 15 is 0 Å². The monoisotopic (exact) mass is 1210 g/mol. The molecule has 0 heterocycles. The number of unbranched alkanes of at least 4 members (excludes halogenated alkanes) is 37. The molecule has 8 nitrogen and oxygen atoms in total. The number of allylic oxidation sites excluding steroid dienone is 16. The van der Waals surface area contributed by atoms with Crippen LogP contribution in [0.3, 0.4) is 0 Å². The molecule has 0 aliphatic heterocycles. The normalized spacial score (nSPS) is 14.2. The molecule has 494 valence electrons. The molecule has 0 fully saturated rings. The molecule has 1 amide bonds. The zero-order valence-electron chi connectivity index (χ0n) is 56.5. The Morgan fingerprint density at radius 3 is 1.05 bits per heavy atom. The van der Waals surface area contributed by atoms with Crippen LogP contribution in [0.15, 0.2) is 97.2 Å². The lowest BCUT2D eigenvalue weighted by Crippen LogP contribution is -2.46. The first-order chi connectivity index (χ1) is 41.5. The lowest BCUT2D eigenvalue weighted by atomic mass is 10.0. The van der Waals surface area contributed by atoms with Crippen LogP contribution in [-0.2, 0) is 18.4 Å². The molecular formula is C76H139N2O6P. The Hall–Kier alpha value is -2.58. The van der Waals surface area contributed by atoms with Crippen LogP contribution in [0.5, 0.6) is 0 Å². The molecular weight excluding hydrogens is 1070 g/mol. The number of phosphoric acid groups is 1. The number of carbonyl (C=O) groups is 1. The summed E-state index contributed by atoms with van der Waals surface area (Å²) in [5, 5.41) is 14.1. The summed E-state index contributed by atoms with van der Waals surface area (Å²) in [7, 11) is 1.31. The number of aliphatic hydroxyl groups excluding tert-OH is 1. The predicted octanol–water partition coefficient (Wildman–Crippen LogP) is 22.6. The Balaban J connectivity index is 4.02. The van der Waals surface area contributed by atoms with Crippen molar-refractivity contribution < 1.29 is 32.9 Å². The molecule has 0 rings (SSSR count).